The summed E-state index contributed by atoms with van der Waals surface area (Å²) >= 11 is 5.80. The van der Waals surface area contributed by atoms with Crippen molar-refractivity contribution in [1.82, 2.24) is 0 Å². The van der Waals surface area contributed by atoms with Crippen molar-refractivity contribution in [3.05, 3.63) is 58.0 Å². The molecule has 0 radical (unpaired) electrons. The summed E-state index contributed by atoms with van der Waals surface area (Å²) in [6.07, 6.45) is 2.06. The molecular weight excluding hydrogens is 374 g/mol. The molecule has 0 aliphatic heterocycles. The lowest BCUT2D eigenvalue weighted by atomic mass is 10.1. The van der Waals surface area contributed by atoms with Crippen LogP contribution in [0.15, 0.2) is 52.3 Å². The summed E-state index contributed by atoms with van der Waals surface area (Å²) in [6.45, 7) is 2.39. The van der Waals surface area contributed by atoms with Crippen molar-refractivity contribution >= 4 is 27.5 Å². The third-order valence-corrected chi connectivity index (χ3v) is 5.42. The van der Waals surface area contributed by atoms with E-state index in [-0.39, 0.29) is 4.90 Å². The minimum absolute atomic E-state index is 0.00590. The SMILES string of the molecule is CCCOc1c(C=C(C#N)S(=O)(=O)c2ccc(Cl)cc2)cccc1OC. The Morgan fingerprint density at radius 2 is 1.92 bits per heavy atom. The second kappa shape index (κ2) is 8.75. The Morgan fingerprint density at radius 3 is 2.50 bits per heavy atom. The smallest absolute Gasteiger partial charge is 0.216 e. The molecule has 0 aliphatic rings. The Kier molecular flexibility index (Phi) is 6.67. The van der Waals surface area contributed by atoms with Crippen molar-refractivity contribution in [3.8, 4) is 17.6 Å². The molecule has 0 unspecified atom stereocenters. The van der Waals surface area contributed by atoms with Crippen LogP contribution in [-0.2, 0) is 9.84 Å². The van der Waals surface area contributed by atoms with E-state index in [0.29, 0.717) is 28.7 Å². The van der Waals surface area contributed by atoms with Gasteiger partial charge in [0.15, 0.2) is 11.5 Å². The second-order valence-corrected chi connectivity index (χ2v) is 7.66. The molecule has 2 aromatic rings. The summed E-state index contributed by atoms with van der Waals surface area (Å²) in [5, 5.41) is 9.85. The van der Waals surface area contributed by atoms with Crippen LogP contribution >= 0.6 is 11.6 Å². The maximum absolute atomic E-state index is 12.8. The van der Waals surface area contributed by atoms with E-state index in [1.807, 2.05) is 6.92 Å². The average molecular weight is 392 g/mol. The summed E-state index contributed by atoms with van der Waals surface area (Å²) in [5.74, 6) is 0.865. The van der Waals surface area contributed by atoms with Gasteiger partial charge in [0.2, 0.25) is 9.84 Å². The Hall–Kier alpha value is -2.49. The Morgan fingerprint density at radius 1 is 1.23 bits per heavy atom. The number of methoxy groups -OCH3 is 1. The molecular formula is C19H18ClNO4S. The van der Waals surface area contributed by atoms with E-state index in [9.17, 15) is 13.7 Å². The van der Waals surface area contributed by atoms with Crippen molar-refractivity contribution in [2.24, 2.45) is 0 Å². The van der Waals surface area contributed by atoms with Crippen LogP contribution in [0.2, 0.25) is 5.02 Å². The van der Waals surface area contributed by atoms with Crippen LogP contribution in [-0.4, -0.2) is 22.1 Å². The molecule has 0 spiro atoms. The fourth-order valence-electron chi connectivity index (χ4n) is 2.22. The van der Waals surface area contributed by atoms with E-state index < -0.39 is 14.7 Å². The summed E-state index contributed by atoms with van der Waals surface area (Å²) in [7, 11) is -2.48. The first kappa shape index (κ1) is 19.8. The third kappa shape index (κ3) is 4.37. The highest BCUT2D eigenvalue weighted by Crippen LogP contribution is 2.34. The Labute approximate surface area is 158 Å². The van der Waals surface area contributed by atoms with Gasteiger partial charge in [0.1, 0.15) is 11.0 Å². The minimum Gasteiger partial charge on any atom is -0.493 e. The van der Waals surface area contributed by atoms with E-state index in [1.54, 1.807) is 24.3 Å². The molecule has 0 amide bonds. The topological polar surface area (TPSA) is 76.4 Å². The number of rotatable bonds is 7. The summed E-state index contributed by atoms with van der Waals surface area (Å²) in [6, 6.07) is 12.5. The molecule has 136 valence electrons. The van der Waals surface area contributed by atoms with E-state index in [2.05, 4.69) is 0 Å². The average Bonchev–Trinajstić information content (AvgIpc) is 2.64. The van der Waals surface area contributed by atoms with E-state index in [0.717, 1.165) is 6.42 Å². The molecule has 0 heterocycles. The number of halogens is 1. The molecule has 7 heteroatoms. The van der Waals surface area contributed by atoms with Crippen molar-refractivity contribution < 1.29 is 17.9 Å². The third-order valence-electron chi connectivity index (χ3n) is 3.49. The maximum atomic E-state index is 12.8. The molecule has 0 aliphatic carbocycles. The molecule has 26 heavy (non-hydrogen) atoms. The van der Waals surface area contributed by atoms with Crippen molar-refractivity contribution in [2.45, 2.75) is 18.2 Å². The number of nitrogens with zero attached hydrogens (tertiary/aromatic N) is 1. The van der Waals surface area contributed by atoms with Gasteiger partial charge < -0.3 is 9.47 Å². The quantitative estimate of drug-likeness (QED) is 0.650. The summed E-state index contributed by atoms with van der Waals surface area (Å²) < 4.78 is 36.5. The standard InChI is InChI=1S/C19H18ClNO4S/c1-3-11-25-19-14(5-4-6-18(19)24-2)12-17(13-21)26(22,23)16-9-7-15(20)8-10-16/h4-10,12H,3,11H2,1-2H3. The highest BCUT2D eigenvalue weighted by Gasteiger charge is 2.22. The zero-order valence-corrected chi connectivity index (χ0v) is 16.0. The fraction of sp³-hybridized carbons (Fsp3) is 0.211. The van der Waals surface area contributed by atoms with Gasteiger partial charge in [-0.15, -0.1) is 0 Å². The van der Waals surface area contributed by atoms with Gasteiger partial charge in [-0.1, -0.05) is 30.7 Å². The number of sulfone groups is 1. The molecule has 0 bridgehead atoms. The van der Waals surface area contributed by atoms with E-state index in [4.69, 9.17) is 21.1 Å². The van der Waals surface area contributed by atoms with Gasteiger partial charge in [-0.2, -0.15) is 5.26 Å². The second-order valence-electron chi connectivity index (χ2n) is 5.30. The molecule has 0 saturated heterocycles. The Bertz CT molecular complexity index is 944. The zero-order valence-electron chi connectivity index (χ0n) is 14.4. The molecule has 0 saturated carbocycles. The molecule has 0 fully saturated rings. The van der Waals surface area contributed by atoms with Gasteiger partial charge in [-0.05, 0) is 42.8 Å². The van der Waals surface area contributed by atoms with Gasteiger partial charge in [-0.3, -0.25) is 0 Å². The minimum atomic E-state index is -3.98. The van der Waals surface area contributed by atoms with Gasteiger partial charge >= 0.3 is 0 Å². The highest BCUT2D eigenvalue weighted by molar-refractivity contribution is 7.95. The number of benzene rings is 2. The molecule has 0 atom stereocenters. The summed E-state index contributed by atoms with van der Waals surface area (Å²) in [5.41, 5.74) is 0.451. The lowest BCUT2D eigenvalue weighted by molar-refractivity contribution is 0.293. The first-order valence-electron chi connectivity index (χ1n) is 7.86. The Balaban J connectivity index is 2.55. The van der Waals surface area contributed by atoms with Crippen LogP contribution in [0, 0.1) is 11.3 Å². The van der Waals surface area contributed by atoms with E-state index >= 15 is 0 Å². The molecule has 0 N–H and O–H groups in total. The number of hydrogen-bond acceptors (Lipinski definition) is 5. The van der Waals surface area contributed by atoms with Crippen LogP contribution < -0.4 is 9.47 Å². The number of para-hydroxylation sites is 1. The number of hydrogen-bond donors (Lipinski definition) is 0. The monoisotopic (exact) mass is 391 g/mol. The van der Waals surface area contributed by atoms with Gasteiger partial charge in [-0.25, -0.2) is 8.42 Å². The first-order chi connectivity index (χ1) is 12.4. The van der Waals surface area contributed by atoms with Gasteiger partial charge in [0.05, 0.1) is 18.6 Å². The van der Waals surface area contributed by atoms with Gasteiger partial charge in [0, 0.05) is 10.6 Å². The van der Waals surface area contributed by atoms with Crippen LogP contribution in [0.25, 0.3) is 6.08 Å². The van der Waals surface area contributed by atoms with Crippen LogP contribution in [0.5, 0.6) is 11.5 Å². The largest absolute Gasteiger partial charge is 0.493 e. The predicted octanol–water partition coefficient (Wildman–Crippen LogP) is 4.48. The molecule has 5 nitrogen and oxygen atoms in total. The number of allylic oxidation sites excluding steroid dienone is 1. The van der Waals surface area contributed by atoms with Crippen molar-refractivity contribution in [2.75, 3.05) is 13.7 Å². The van der Waals surface area contributed by atoms with Crippen molar-refractivity contribution in [1.29, 1.82) is 5.26 Å². The summed E-state index contributed by atoms with van der Waals surface area (Å²) in [4.78, 5) is -0.400. The fourth-order valence-corrected chi connectivity index (χ4v) is 3.49. The van der Waals surface area contributed by atoms with Crippen molar-refractivity contribution in [3.63, 3.8) is 0 Å². The van der Waals surface area contributed by atoms with Crippen LogP contribution in [0.4, 0.5) is 0 Å². The van der Waals surface area contributed by atoms with Gasteiger partial charge in [0.25, 0.3) is 0 Å². The lowest BCUT2D eigenvalue weighted by Crippen LogP contribution is -2.04. The normalized spacial score (nSPS) is 11.7. The molecule has 2 aromatic carbocycles. The predicted molar refractivity (Wildman–Crippen MR) is 101 cm³/mol. The highest BCUT2D eigenvalue weighted by atomic mass is 35.5. The lowest BCUT2D eigenvalue weighted by Gasteiger charge is -2.13. The van der Waals surface area contributed by atoms with Crippen LogP contribution in [0.1, 0.15) is 18.9 Å². The molecule has 0 aromatic heterocycles. The van der Waals surface area contributed by atoms with E-state index in [1.165, 1.54) is 37.5 Å². The van der Waals surface area contributed by atoms with Crippen LogP contribution in [0.3, 0.4) is 0 Å². The first-order valence-corrected chi connectivity index (χ1v) is 9.72. The zero-order chi connectivity index (χ0) is 19.2. The molecule has 2 rings (SSSR count). The number of ether oxygens (including phenoxy) is 2. The number of nitriles is 1. The maximum Gasteiger partial charge on any atom is 0.216 e.